The van der Waals surface area contributed by atoms with Crippen molar-refractivity contribution in [3.8, 4) is 0 Å². The van der Waals surface area contributed by atoms with Crippen molar-refractivity contribution in [1.82, 2.24) is 9.78 Å². The van der Waals surface area contributed by atoms with Crippen molar-refractivity contribution in [2.24, 2.45) is 0 Å². The third-order valence-corrected chi connectivity index (χ3v) is 2.19. The van der Waals surface area contributed by atoms with Gasteiger partial charge in [0.2, 0.25) is 0 Å². The highest BCUT2D eigenvalue weighted by atomic mass is 19.4. The van der Waals surface area contributed by atoms with Crippen LogP contribution in [0.1, 0.15) is 19.0 Å². The summed E-state index contributed by atoms with van der Waals surface area (Å²) in [5.41, 5.74) is -0.995. The number of ether oxygens (including phenoxy) is 1. The van der Waals surface area contributed by atoms with Crippen LogP contribution in [0.3, 0.4) is 0 Å². The molecule has 18 heavy (non-hydrogen) atoms. The van der Waals surface area contributed by atoms with Crippen LogP contribution in [0.25, 0.3) is 0 Å². The molecule has 1 N–H and O–H groups in total. The zero-order chi connectivity index (χ0) is 13.8. The van der Waals surface area contributed by atoms with E-state index in [1.54, 1.807) is 6.92 Å². The fraction of sp³-hybridized carbons (Fsp3) is 0.600. The number of hydrogen-bond donors (Lipinski definition) is 1. The van der Waals surface area contributed by atoms with Gasteiger partial charge >= 0.3 is 12.1 Å². The fourth-order valence-corrected chi connectivity index (χ4v) is 1.37. The Balaban J connectivity index is 2.57. The smallest absolute Gasteiger partial charge is 0.435 e. The number of hydrogen-bond acceptors (Lipinski definition) is 3. The second-order valence-electron chi connectivity index (χ2n) is 3.53. The number of carbonyl (C=O) groups is 1. The molecule has 0 fully saturated rings. The highest BCUT2D eigenvalue weighted by Crippen LogP contribution is 2.27. The summed E-state index contributed by atoms with van der Waals surface area (Å²) in [6.07, 6.45) is -4.30. The van der Waals surface area contributed by atoms with Crippen LogP contribution in [-0.4, -0.2) is 33.6 Å². The Bertz CT molecular complexity index is 403. The van der Waals surface area contributed by atoms with Gasteiger partial charge in [0.1, 0.15) is 0 Å². The first kappa shape index (κ1) is 14.5. The van der Waals surface area contributed by atoms with Gasteiger partial charge in [-0.25, -0.2) is 4.79 Å². The number of carboxylic acids is 1. The van der Waals surface area contributed by atoms with Gasteiger partial charge in [0.15, 0.2) is 11.8 Å². The van der Waals surface area contributed by atoms with Gasteiger partial charge in [-0.15, -0.1) is 0 Å². The zero-order valence-corrected chi connectivity index (χ0v) is 9.65. The lowest BCUT2D eigenvalue weighted by molar-refractivity contribution is -0.150. The molecule has 0 saturated heterocycles. The predicted octanol–water partition coefficient (Wildman–Crippen LogP) is 1.78. The molecule has 0 radical (unpaired) electrons. The van der Waals surface area contributed by atoms with Gasteiger partial charge < -0.3 is 9.84 Å². The Labute approximate surface area is 101 Å². The Morgan fingerprint density at radius 1 is 1.61 bits per heavy atom. The molecule has 8 heteroatoms. The second-order valence-corrected chi connectivity index (χ2v) is 3.53. The van der Waals surface area contributed by atoms with Crippen LogP contribution in [0, 0.1) is 0 Å². The molecule has 1 aromatic heterocycles. The van der Waals surface area contributed by atoms with E-state index in [0.717, 1.165) is 16.9 Å². The predicted molar refractivity (Wildman–Crippen MR) is 54.9 cm³/mol. The minimum atomic E-state index is -4.49. The van der Waals surface area contributed by atoms with Gasteiger partial charge in [-0.05, 0) is 13.0 Å². The molecule has 1 aromatic rings. The third kappa shape index (κ3) is 4.02. The highest BCUT2D eigenvalue weighted by Gasteiger charge is 2.33. The number of nitrogens with zero attached hydrogens (tertiary/aromatic N) is 2. The van der Waals surface area contributed by atoms with E-state index in [9.17, 15) is 18.0 Å². The zero-order valence-electron chi connectivity index (χ0n) is 9.65. The molecule has 102 valence electrons. The maximum Gasteiger partial charge on any atom is 0.435 e. The van der Waals surface area contributed by atoms with E-state index in [1.165, 1.54) is 0 Å². The van der Waals surface area contributed by atoms with E-state index in [2.05, 4.69) is 5.10 Å². The number of rotatable bonds is 6. The van der Waals surface area contributed by atoms with Crippen molar-refractivity contribution in [2.45, 2.75) is 32.2 Å². The van der Waals surface area contributed by atoms with E-state index in [0.29, 0.717) is 0 Å². The van der Waals surface area contributed by atoms with Gasteiger partial charge in [-0.2, -0.15) is 18.3 Å². The van der Waals surface area contributed by atoms with E-state index >= 15 is 0 Å². The van der Waals surface area contributed by atoms with Crippen LogP contribution >= 0.6 is 0 Å². The molecule has 0 spiro atoms. The summed E-state index contributed by atoms with van der Waals surface area (Å²) in [5, 5.41) is 12.1. The van der Waals surface area contributed by atoms with Gasteiger partial charge in [-0.1, -0.05) is 0 Å². The Kier molecular flexibility index (Phi) is 4.71. The molecular formula is C10H13F3N2O3. The molecule has 5 nitrogen and oxygen atoms in total. The van der Waals surface area contributed by atoms with Crippen LogP contribution in [0.5, 0.6) is 0 Å². The SMILES string of the molecule is CCOC(CCn1ccc(C(F)(F)F)n1)C(=O)O. The molecule has 0 aliphatic rings. The van der Waals surface area contributed by atoms with E-state index < -0.39 is 23.9 Å². The minimum Gasteiger partial charge on any atom is -0.479 e. The number of aryl methyl sites for hydroxylation is 1. The number of aliphatic carboxylic acids is 1. The van der Waals surface area contributed by atoms with Crippen LogP contribution in [-0.2, 0) is 22.3 Å². The lowest BCUT2D eigenvalue weighted by Gasteiger charge is -2.11. The van der Waals surface area contributed by atoms with Crippen LogP contribution in [0.4, 0.5) is 13.2 Å². The van der Waals surface area contributed by atoms with Crippen molar-refractivity contribution in [3.05, 3.63) is 18.0 Å². The van der Waals surface area contributed by atoms with Gasteiger partial charge in [0.25, 0.3) is 0 Å². The average molecular weight is 266 g/mol. The molecule has 0 saturated carbocycles. The molecule has 0 amide bonds. The number of alkyl halides is 3. The van der Waals surface area contributed by atoms with E-state index in [1.807, 2.05) is 0 Å². The van der Waals surface area contributed by atoms with Crippen molar-refractivity contribution in [1.29, 1.82) is 0 Å². The fourth-order valence-electron chi connectivity index (χ4n) is 1.37. The van der Waals surface area contributed by atoms with Crippen molar-refractivity contribution < 1.29 is 27.8 Å². The number of aromatic nitrogens is 2. The highest BCUT2D eigenvalue weighted by molar-refractivity contribution is 5.72. The topological polar surface area (TPSA) is 64.4 Å². The molecule has 0 bridgehead atoms. The van der Waals surface area contributed by atoms with Crippen molar-refractivity contribution in [3.63, 3.8) is 0 Å². The molecule has 1 heterocycles. The summed E-state index contributed by atoms with van der Waals surface area (Å²) in [5.74, 6) is -1.14. The molecule has 1 rings (SSSR count). The third-order valence-electron chi connectivity index (χ3n) is 2.19. The van der Waals surface area contributed by atoms with E-state index in [4.69, 9.17) is 9.84 Å². The molecule has 0 aromatic carbocycles. The normalized spacial score (nSPS) is 13.6. The summed E-state index contributed by atoms with van der Waals surface area (Å²) in [6, 6.07) is 0.844. The number of carboxylic acid groups (broad SMARTS) is 1. The Morgan fingerprint density at radius 3 is 2.72 bits per heavy atom. The maximum absolute atomic E-state index is 12.3. The first-order valence-electron chi connectivity index (χ1n) is 5.29. The first-order valence-corrected chi connectivity index (χ1v) is 5.29. The summed E-state index contributed by atoms with van der Waals surface area (Å²) in [6.45, 7) is 1.92. The molecule has 0 aliphatic heterocycles. The molecule has 0 aliphatic carbocycles. The summed E-state index contributed by atoms with van der Waals surface area (Å²) in [7, 11) is 0. The first-order chi connectivity index (χ1) is 8.34. The molecule has 1 unspecified atom stereocenters. The largest absolute Gasteiger partial charge is 0.479 e. The lowest BCUT2D eigenvalue weighted by Crippen LogP contribution is -2.25. The Morgan fingerprint density at radius 2 is 2.28 bits per heavy atom. The second kappa shape index (κ2) is 5.85. The van der Waals surface area contributed by atoms with Gasteiger partial charge in [-0.3, -0.25) is 4.68 Å². The van der Waals surface area contributed by atoms with Gasteiger partial charge in [0.05, 0.1) is 0 Å². The monoisotopic (exact) mass is 266 g/mol. The van der Waals surface area contributed by atoms with E-state index in [-0.39, 0.29) is 19.6 Å². The maximum atomic E-state index is 12.3. The Hall–Kier alpha value is -1.57. The standard InChI is InChI=1S/C10H13F3N2O3/c1-2-18-7(9(16)17)3-5-15-6-4-8(14-15)10(11,12)13/h4,6-7H,2-3,5H2,1H3,(H,16,17). The molecular weight excluding hydrogens is 253 g/mol. The van der Waals surface area contributed by atoms with Crippen molar-refractivity contribution >= 4 is 5.97 Å². The van der Waals surface area contributed by atoms with Crippen LogP contribution < -0.4 is 0 Å². The minimum absolute atomic E-state index is 0.0487. The summed E-state index contributed by atoms with van der Waals surface area (Å²) >= 11 is 0. The quantitative estimate of drug-likeness (QED) is 0.852. The van der Waals surface area contributed by atoms with Crippen LogP contribution in [0.15, 0.2) is 12.3 Å². The average Bonchev–Trinajstić information content (AvgIpc) is 2.71. The molecule has 1 atom stereocenters. The van der Waals surface area contributed by atoms with Crippen molar-refractivity contribution in [2.75, 3.05) is 6.61 Å². The van der Waals surface area contributed by atoms with Crippen LogP contribution in [0.2, 0.25) is 0 Å². The lowest BCUT2D eigenvalue weighted by atomic mass is 10.2. The summed E-state index contributed by atoms with van der Waals surface area (Å²) < 4.78 is 42.8. The summed E-state index contributed by atoms with van der Waals surface area (Å²) in [4.78, 5) is 10.7. The number of halogens is 3. The van der Waals surface area contributed by atoms with Gasteiger partial charge in [0, 0.05) is 25.8 Å².